The van der Waals surface area contributed by atoms with Crippen molar-refractivity contribution in [3.8, 4) is 0 Å². The maximum atomic E-state index is 1.55. The van der Waals surface area contributed by atoms with E-state index in [1.54, 1.807) is 38.5 Å². The largest absolute Gasteiger partial charge is 0.0533 e. The summed E-state index contributed by atoms with van der Waals surface area (Å²) < 4.78 is 0. The molecule has 0 aliphatic heterocycles. The highest BCUT2D eigenvalue weighted by Crippen LogP contribution is 2.31. The fourth-order valence-electron chi connectivity index (χ4n) is 4.36. The van der Waals surface area contributed by atoms with Gasteiger partial charge < -0.3 is 0 Å². The van der Waals surface area contributed by atoms with Gasteiger partial charge in [-0.25, -0.2) is 0 Å². The standard InChI is InChI=1S/C21H40/c1-2-4-6-9-14-20(15-10-7-5-3-1)16-11-8-12-17-21-18-13-19-21/h20-21H,1-19H2. The Morgan fingerprint density at radius 3 is 1.14 bits per heavy atom. The molecule has 0 bridgehead atoms. The van der Waals surface area contributed by atoms with Crippen LogP contribution in [0.15, 0.2) is 0 Å². The zero-order valence-corrected chi connectivity index (χ0v) is 14.6. The van der Waals surface area contributed by atoms with Gasteiger partial charge in [0.15, 0.2) is 0 Å². The molecule has 0 aromatic rings. The molecule has 0 saturated heterocycles. The molecule has 0 aromatic carbocycles. The molecule has 0 amide bonds. The Morgan fingerprint density at radius 2 is 0.762 bits per heavy atom. The molecule has 0 aromatic heterocycles. The highest BCUT2D eigenvalue weighted by atomic mass is 14.2. The number of hydrogen-bond acceptors (Lipinski definition) is 0. The molecule has 2 saturated carbocycles. The Balaban J connectivity index is 1.52. The predicted molar refractivity (Wildman–Crippen MR) is 94.7 cm³/mol. The van der Waals surface area contributed by atoms with E-state index in [4.69, 9.17) is 0 Å². The van der Waals surface area contributed by atoms with Crippen molar-refractivity contribution in [2.75, 3.05) is 0 Å². The first-order valence-corrected chi connectivity index (χ1v) is 10.4. The van der Waals surface area contributed by atoms with Crippen molar-refractivity contribution in [2.24, 2.45) is 11.8 Å². The average molecular weight is 293 g/mol. The van der Waals surface area contributed by atoms with Crippen molar-refractivity contribution in [3.05, 3.63) is 0 Å². The summed E-state index contributed by atoms with van der Waals surface area (Å²) in [5.41, 5.74) is 0. The first kappa shape index (κ1) is 17.4. The quantitative estimate of drug-likeness (QED) is 0.441. The van der Waals surface area contributed by atoms with Gasteiger partial charge in [0, 0.05) is 0 Å². The van der Waals surface area contributed by atoms with Crippen molar-refractivity contribution in [1.29, 1.82) is 0 Å². The summed E-state index contributed by atoms with van der Waals surface area (Å²) in [5, 5.41) is 0. The van der Waals surface area contributed by atoms with Crippen LogP contribution in [0.3, 0.4) is 0 Å². The highest BCUT2D eigenvalue weighted by Gasteiger charge is 2.16. The minimum atomic E-state index is 1.08. The molecule has 0 atom stereocenters. The number of rotatable bonds is 6. The van der Waals surface area contributed by atoms with Gasteiger partial charge in [0.2, 0.25) is 0 Å². The third-order valence-corrected chi connectivity index (χ3v) is 6.17. The fraction of sp³-hybridized carbons (Fsp3) is 1.00. The van der Waals surface area contributed by atoms with Crippen LogP contribution in [0.4, 0.5) is 0 Å². The van der Waals surface area contributed by atoms with Crippen LogP contribution in [-0.2, 0) is 0 Å². The Kier molecular flexibility index (Phi) is 9.55. The van der Waals surface area contributed by atoms with Crippen LogP contribution in [0.2, 0.25) is 0 Å². The van der Waals surface area contributed by atoms with Crippen LogP contribution in [-0.4, -0.2) is 0 Å². The summed E-state index contributed by atoms with van der Waals surface area (Å²) in [7, 11) is 0. The minimum Gasteiger partial charge on any atom is -0.0533 e. The molecule has 0 N–H and O–H groups in total. The molecule has 0 unspecified atom stereocenters. The van der Waals surface area contributed by atoms with Crippen molar-refractivity contribution in [3.63, 3.8) is 0 Å². The molecule has 0 spiro atoms. The van der Waals surface area contributed by atoms with Crippen LogP contribution in [0, 0.1) is 11.8 Å². The summed E-state index contributed by atoms with van der Waals surface area (Å²) in [6.07, 6.45) is 29.0. The van der Waals surface area contributed by atoms with E-state index in [9.17, 15) is 0 Å². The van der Waals surface area contributed by atoms with Crippen molar-refractivity contribution >= 4 is 0 Å². The average Bonchev–Trinajstić information content (AvgIpc) is 2.43. The maximum Gasteiger partial charge on any atom is -0.0414 e. The van der Waals surface area contributed by atoms with Crippen molar-refractivity contribution in [1.82, 2.24) is 0 Å². The van der Waals surface area contributed by atoms with E-state index < -0.39 is 0 Å². The van der Waals surface area contributed by atoms with E-state index >= 15 is 0 Å². The minimum absolute atomic E-state index is 1.08. The first-order chi connectivity index (χ1) is 10.4. The topological polar surface area (TPSA) is 0 Å². The number of hydrogen-bond donors (Lipinski definition) is 0. The molecule has 2 aliphatic rings. The van der Waals surface area contributed by atoms with Gasteiger partial charge in [0.05, 0.1) is 0 Å². The van der Waals surface area contributed by atoms with E-state index in [1.807, 2.05) is 0 Å². The van der Waals surface area contributed by atoms with Crippen LogP contribution in [0.1, 0.15) is 122 Å². The summed E-state index contributed by atoms with van der Waals surface area (Å²) in [5.74, 6) is 2.21. The Hall–Kier alpha value is 0. The van der Waals surface area contributed by atoms with Crippen molar-refractivity contribution in [2.45, 2.75) is 122 Å². The molecule has 0 radical (unpaired) electrons. The van der Waals surface area contributed by atoms with Gasteiger partial charge in [-0.3, -0.25) is 0 Å². The Labute approximate surface area is 134 Å². The van der Waals surface area contributed by atoms with E-state index in [1.165, 1.54) is 83.5 Å². The third kappa shape index (κ3) is 8.27. The normalized spacial score (nSPS) is 24.0. The van der Waals surface area contributed by atoms with Gasteiger partial charge in [-0.2, -0.15) is 0 Å². The van der Waals surface area contributed by atoms with E-state index in [2.05, 4.69) is 0 Å². The third-order valence-electron chi connectivity index (χ3n) is 6.17. The van der Waals surface area contributed by atoms with Crippen LogP contribution in [0.5, 0.6) is 0 Å². The molecule has 124 valence electrons. The summed E-state index contributed by atoms with van der Waals surface area (Å²) in [4.78, 5) is 0. The predicted octanol–water partition coefficient (Wildman–Crippen LogP) is 7.66. The second-order valence-corrected chi connectivity index (χ2v) is 8.06. The molecule has 2 fully saturated rings. The second-order valence-electron chi connectivity index (χ2n) is 8.06. The molecule has 2 aliphatic carbocycles. The van der Waals surface area contributed by atoms with Gasteiger partial charge >= 0.3 is 0 Å². The monoisotopic (exact) mass is 292 g/mol. The highest BCUT2D eigenvalue weighted by molar-refractivity contribution is 4.69. The molecule has 0 heterocycles. The lowest BCUT2D eigenvalue weighted by molar-refractivity contribution is 0.283. The summed E-state index contributed by atoms with van der Waals surface area (Å²) >= 11 is 0. The van der Waals surface area contributed by atoms with Crippen LogP contribution in [0.25, 0.3) is 0 Å². The molecule has 21 heavy (non-hydrogen) atoms. The smallest absolute Gasteiger partial charge is 0.0414 e. The second kappa shape index (κ2) is 11.6. The van der Waals surface area contributed by atoms with Gasteiger partial charge in [-0.1, -0.05) is 122 Å². The van der Waals surface area contributed by atoms with Crippen molar-refractivity contribution < 1.29 is 0 Å². The summed E-state index contributed by atoms with van der Waals surface area (Å²) in [6.45, 7) is 0. The SMILES string of the molecule is C1CCCCCC(CCCCCC2CCC2)CCCCC1. The van der Waals surface area contributed by atoms with Crippen LogP contribution >= 0.6 is 0 Å². The zero-order valence-electron chi connectivity index (χ0n) is 14.6. The first-order valence-electron chi connectivity index (χ1n) is 10.4. The van der Waals surface area contributed by atoms with Crippen LogP contribution < -0.4 is 0 Å². The molecule has 0 heteroatoms. The van der Waals surface area contributed by atoms with Gasteiger partial charge in [-0.15, -0.1) is 0 Å². The fourth-order valence-corrected chi connectivity index (χ4v) is 4.36. The number of unbranched alkanes of at least 4 members (excludes halogenated alkanes) is 2. The zero-order chi connectivity index (χ0) is 14.6. The lowest BCUT2D eigenvalue weighted by Crippen LogP contribution is -2.10. The van der Waals surface area contributed by atoms with E-state index in [0.717, 1.165) is 11.8 Å². The molecule has 0 nitrogen and oxygen atoms in total. The van der Waals surface area contributed by atoms with Gasteiger partial charge in [0.25, 0.3) is 0 Å². The lowest BCUT2D eigenvalue weighted by atomic mass is 9.81. The Morgan fingerprint density at radius 1 is 0.381 bits per heavy atom. The molecular weight excluding hydrogens is 252 g/mol. The van der Waals surface area contributed by atoms with Gasteiger partial charge in [-0.05, 0) is 11.8 Å². The lowest BCUT2D eigenvalue weighted by Gasteiger charge is -2.25. The molecular formula is C21H40. The Bertz CT molecular complexity index is 216. The van der Waals surface area contributed by atoms with E-state index in [0.29, 0.717) is 0 Å². The molecule has 2 rings (SSSR count). The maximum absolute atomic E-state index is 1.55. The van der Waals surface area contributed by atoms with E-state index in [-0.39, 0.29) is 0 Å². The van der Waals surface area contributed by atoms with Gasteiger partial charge in [0.1, 0.15) is 0 Å². The summed E-state index contributed by atoms with van der Waals surface area (Å²) in [6, 6.07) is 0.